The Morgan fingerprint density at radius 3 is 2.50 bits per heavy atom. The fourth-order valence-electron chi connectivity index (χ4n) is 3.66. The maximum Gasteiger partial charge on any atom is 0.146 e. The summed E-state index contributed by atoms with van der Waals surface area (Å²) in [5, 5.41) is 17.9. The second-order valence-corrected chi connectivity index (χ2v) is 7.53. The molecule has 0 amide bonds. The highest BCUT2D eigenvalue weighted by Gasteiger charge is 2.25. The molecule has 0 bridgehead atoms. The molecule has 6 nitrogen and oxygen atoms in total. The van der Waals surface area contributed by atoms with Crippen LogP contribution in [0.4, 0.5) is 0 Å². The Balaban J connectivity index is 1.54. The number of piperidine rings is 1. The van der Waals surface area contributed by atoms with E-state index in [-0.39, 0.29) is 6.61 Å². The van der Waals surface area contributed by atoms with Gasteiger partial charge in [0, 0.05) is 26.1 Å². The van der Waals surface area contributed by atoms with Crippen LogP contribution in [0.15, 0.2) is 24.3 Å². The summed E-state index contributed by atoms with van der Waals surface area (Å²) in [5.74, 6) is 2.56. The highest BCUT2D eigenvalue weighted by Crippen LogP contribution is 2.27. The summed E-state index contributed by atoms with van der Waals surface area (Å²) in [5.41, 5.74) is 2.71. The summed E-state index contributed by atoms with van der Waals surface area (Å²) in [6, 6.07) is 8.85. The summed E-state index contributed by atoms with van der Waals surface area (Å²) in [6.07, 6.45) is 2.26. The standard InChI is InChI=1S/C20H31N5O/c1-16-4-6-17(7-5-16)14-25-10-8-18(9-11-25)20-22-21-19(24(20)3)15-23(2)12-13-26/h4-7,18,26H,8-15H2,1-3H3. The van der Waals surface area contributed by atoms with Crippen LogP contribution >= 0.6 is 0 Å². The number of aliphatic hydroxyl groups is 1. The van der Waals surface area contributed by atoms with Crippen molar-refractivity contribution >= 4 is 0 Å². The third-order valence-corrected chi connectivity index (χ3v) is 5.37. The van der Waals surface area contributed by atoms with Crippen LogP contribution in [-0.2, 0) is 20.1 Å². The maximum atomic E-state index is 9.05. The van der Waals surface area contributed by atoms with E-state index in [0.29, 0.717) is 12.5 Å². The number of benzene rings is 1. The van der Waals surface area contributed by atoms with Crippen LogP contribution in [0, 0.1) is 6.92 Å². The van der Waals surface area contributed by atoms with Crippen LogP contribution in [0.2, 0.25) is 0 Å². The largest absolute Gasteiger partial charge is 0.395 e. The summed E-state index contributed by atoms with van der Waals surface area (Å²) in [7, 11) is 4.06. The molecule has 0 spiro atoms. The molecule has 0 saturated carbocycles. The van der Waals surface area contributed by atoms with Crippen LogP contribution in [0.3, 0.4) is 0 Å². The molecule has 1 aliphatic rings. The number of aryl methyl sites for hydroxylation is 1. The number of aliphatic hydroxyl groups excluding tert-OH is 1. The molecule has 0 unspecified atom stereocenters. The van der Waals surface area contributed by atoms with Gasteiger partial charge >= 0.3 is 0 Å². The number of nitrogens with zero attached hydrogens (tertiary/aromatic N) is 5. The minimum Gasteiger partial charge on any atom is -0.395 e. The van der Waals surface area contributed by atoms with Gasteiger partial charge in [0.15, 0.2) is 0 Å². The highest BCUT2D eigenvalue weighted by atomic mass is 16.3. The van der Waals surface area contributed by atoms with Crippen LogP contribution in [-0.4, -0.2) is 63.0 Å². The number of hydrogen-bond donors (Lipinski definition) is 1. The zero-order chi connectivity index (χ0) is 18.5. The maximum absolute atomic E-state index is 9.05. The number of aromatic nitrogens is 3. The van der Waals surface area contributed by atoms with Gasteiger partial charge in [-0.1, -0.05) is 29.8 Å². The minimum absolute atomic E-state index is 0.167. The van der Waals surface area contributed by atoms with Gasteiger partial charge in [-0.05, 0) is 45.5 Å². The van der Waals surface area contributed by atoms with E-state index in [9.17, 15) is 0 Å². The van der Waals surface area contributed by atoms with Gasteiger partial charge < -0.3 is 9.67 Å². The predicted octanol–water partition coefficient (Wildman–Crippen LogP) is 1.93. The molecule has 1 aliphatic heterocycles. The first-order chi connectivity index (χ1) is 12.6. The van der Waals surface area contributed by atoms with Crippen molar-refractivity contribution < 1.29 is 5.11 Å². The molecule has 3 rings (SSSR count). The van der Waals surface area contributed by atoms with Crippen LogP contribution in [0.1, 0.15) is 41.5 Å². The van der Waals surface area contributed by atoms with Crippen molar-refractivity contribution in [1.29, 1.82) is 0 Å². The molecule has 0 atom stereocenters. The molecule has 1 aromatic carbocycles. The Kier molecular flexibility index (Phi) is 6.40. The van der Waals surface area contributed by atoms with E-state index in [1.165, 1.54) is 11.1 Å². The predicted molar refractivity (Wildman–Crippen MR) is 103 cm³/mol. The zero-order valence-electron chi connectivity index (χ0n) is 16.2. The zero-order valence-corrected chi connectivity index (χ0v) is 16.2. The van der Waals surface area contributed by atoms with Crippen LogP contribution in [0.5, 0.6) is 0 Å². The van der Waals surface area contributed by atoms with Gasteiger partial charge in [0.05, 0.1) is 13.2 Å². The molecule has 1 aromatic heterocycles. The Morgan fingerprint density at radius 2 is 1.85 bits per heavy atom. The first-order valence-corrected chi connectivity index (χ1v) is 9.52. The lowest BCUT2D eigenvalue weighted by Crippen LogP contribution is -2.33. The fraction of sp³-hybridized carbons (Fsp3) is 0.600. The highest BCUT2D eigenvalue weighted by molar-refractivity contribution is 5.21. The summed E-state index contributed by atoms with van der Waals surface area (Å²) in [6.45, 7) is 6.90. The van der Waals surface area contributed by atoms with Gasteiger partial charge in [0.2, 0.25) is 0 Å². The van der Waals surface area contributed by atoms with Crippen molar-refractivity contribution in [2.24, 2.45) is 7.05 Å². The molecule has 2 aromatic rings. The Bertz CT molecular complexity index is 689. The van der Waals surface area contributed by atoms with Gasteiger partial charge in [0.1, 0.15) is 11.6 Å². The third kappa shape index (κ3) is 4.69. The quantitative estimate of drug-likeness (QED) is 0.821. The van der Waals surface area contributed by atoms with Crippen LogP contribution in [0.25, 0.3) is 0 Å². The van der Waals surface area contributed by atoms with E-state index in [1.807, 2.05) is 7.05 Å². The molecule has 1 N–H and O–H groups in total. The van der Waals surface area contributed by atoms with E-state index < -0.39 is 0 Å². The average Bonchev–Trinajstić information content (AvgIpc) is 2.98. The number of hydrogen-bond acceptors (Lipinski definition) is 5. The molecule has 0 aliphatic carbocycles. The number of likely N-dealkylation sites (tertiary alicyclic amines) is 1. The summed E-state index contributed by atoms with van der Waals surface area (Å²) < 4.78 is 2.15. The molecule has 2 heterocycles. The molecule has 1 saturated heterocycles. The van der Waals surface area contributed by atoms with E-state index in [2.05, 4.69) is 62.8 Å². The number of rotatable bonds is 7. The van der Waals surface area contributed by atoms with Crippen molar-refractivity contribution in [2.45, 2.75) is 38.8 Å². The molecule has 0 radical (unpaired) electrons. The lowest BCUT2D eigenvalue weighted by molar-refractivity contribution is 0.199. The lowest BCUT2D eigenvalue weighted by atomic mass is 9.95. The van der Waals surface area contributed by atoms with Gasteiger partial charge in [-0.15, -0.1) is 10.2 Å². The lowest BCUT2D eigenvalue weighted by Gasteiger charge is -2.31. The first-order valence-electron chi connectivity index (χ1n) is 9.52. The van der Waals surface area contributed by atoms with Crippen molar-refractivity contribution in [1.82, 2.24) is 24.6 Å². The Morgan fingerprint density at radius 1 is 1.15 bits per heavy atom. The smallest absolute Gasteiger partial charge is 0.146 e. The van der Waals surface area contributed by atoms with E-state index >= 15 is 0 Å². The van der Waals surface area contributed by atoms with Crippen molar-refractivity contribution in [3.05, 3.63) is 47.0 Å². The molecular formula is C20H31N5O. The van der Waals surface area contributed by atoms with Crippen molar-refractivity contribution in [2.75, 3.05) is 33.3 Å². The van der Waals surface area contributed by atoms with E-state index in [1.54, 1.807) is 0 Å². The SMILES string of the molecule is Cc1ccc(CN2CCC(c3nnc(CN(C)CCO)n3C)CC2)cc1. The molecule has 6 heteroatoms. The summed E-state index contributed by atoms with van der Waals surface area (Å²) in [4.78, 5) is 4.60. The van der Waals surface area contributed by atoms with Gasteiger partial charge in [-0.3, -0.25) is 9.80 Å². The average molecular weight is 358 g/mol. The Hall–Kier alpha value is -1.76. The second-order valence-electron chi connectivity index (χ2n) is 7.53. The van der Waals surface area contributed by atoms with Gasteiger partial charge in [-0.25, -0.2) is 0 Å². The number of likely N-dealkylation sites (N-methyl/N-ethyl adjacent to an activating group) is 1. The molecular weight excluding hydrogens is 326 g/mol. The molecule has 26 heavy (non-hydrogen) atoms. The summed E-state index contributed by atoms with van der Waals surface area (Å²) >= 11 is 0. The first kappa shape index (κ1) is 19.0. The van der Waals surface area contributed by atoms with Crippen molar-refractivity contribution in [3.63, 3.8) is 0 Å². The second kappa shape index (κ2) is 8.75. The van der Waals surface area contributed by atoms with E-state index in [4.69, 9.17) is 5.11 Å². The molecule has 1 fully saturated rings. The van der Waals surface area contributed by atoms with E-state index in [0.717, 1.165) is 50.7 Å². The molecule has 142 valence electrons. The monoisotopic (exact) mass is 357 g/mol. The minimum atomic E-state index is 0.167. The van der Waals surface area contributed by atoms with Gasteiger partial charge in [0.25, 0.3) is 0 Å². The normalized spacial score (nSPS) is 16.5. The fourth-order valence-corrected chi connectivity index (χ4v) is 3.66. The third-order valence-electron chi connectivity index (χ3n) is 5.37. The topological polar surface area (TPSA) is 57.4 Å². The van der Waals surface area contributed by atoms with Gasteiger partial charge in [-0.2, -0.15) is 0 Å². The Labute approximate surface area is 156 Å². The van der Waals surface area contributed by atoms with Crippen molar-refractivity contribution in [3.8, 4) is 0 Å². The van der Waals surface area contributed by atoms with Crippen LogP contribution < -0.4 is 0 Å².